The fourth-order valence-corrected chi connectivity index (χ4v) is 1.30. The number of rotatable bonds is 4. The first-order valence-electron chi connectivity index (χ1n) is 4.59. The summed E-state index contributed by atoms with van der Waals surface area (Å²) in [5.74, 6) is -0.277. The van der Waals surface area contributed by atoms with Crippen LogP contribution in [0.3, 0.4) is 0 Å². The summed E-state index contributed by atoms with van der Waals surface area (Å²) in [6.07, 6.45) is 0.520. The van der Waals surface area contributed by atoms with Gasteiger partial charge in [-0.3, -0.25) is 4.79 Å². The normalized spacial score (nSPS) is 10.0. The van der Waals surface area contributed by atoms with E-state index < -0.39 is 0 Å². The summed E-state index contributed by atoms with van der Waals surface area (Å²) in [6, 6.07) is 4.74. The second kappa shape index (κ2) is 5.58. The smallest absolute Gasteiger partial charge is 0.252 e. The number of hydrogen-bond donors (Lipinski definition) is 3. The Kier molecular flexibility index (Phi) is 4.39. The monoisotopic (exact) mass is 228 g/mol. The van der Waals surface area contributed by atoms with Crippen LogP contribution in [0, 0.1) is 0 Å². The van der Waals surface area contributed by atoms with Crippen molar-refractivity contribution in [3.8, 4) is 0 Å². The van der Waals surface area contributed by atoms with Crippen molar-refractivity contribution in [1.82, 2.24) is 5.32 Å². The number of benzene rings is 1. The predicted molar refractivity (Wildman–Crippen MR) is 59.9 cm³/mol. The third kappa shape index (κ3) is 3.42. The van der Waals surface area contributed by atoms with E-state index in [1.165, 1.54) is 6.07 Å². The van der Waals surface area contributed by atoms with Crippen LogP contribution in [0.25, 0.3) is 0 Å². The number of hydrogen-bond acceptors (Lipinski definition) is 3. The molecule has 15 heavy (non-hydrogen) atoms. The molecule has 82 valence electrons. The van der Waals surface area contributed by atoms with Gasteiger partial charge >= 0.3 is 0 Å². The van der Waals surface area contributed by atoms with Crippen LogP contribution in [0.2, 0.25) is 5.02 Å². The Balaban J connectivity index is 2.68. The number of nitrogen functional groups attached to an aromatic ring is 1. The molecule has 1 rings (SSSR count). The predicted octanol–water partition coefficient (Wildman–Crippen LogP) is 1.03. The molecular formula is C10H13ClN2O2. The average molecular weight is 229 g/mol. The zero-order chi connectivity index (χ0) is 11.3. The Morgan fingerprint density at radius 2 is 2.27 bits per heavy atom. The van der Waals surface area contributed by atoms with E-state index in [0.717, 1.165) is 0 Å². The molecule has 1 aromatic rings. The summed E-state index contributed by atoms with van der Waals surface area (Å²) in [6.45, 7) is 0.464. The van der Waals surface area contributed by atoms with Gasteiger partial charge in [-0.15, -0.1) is 0 Å². The lowest BCUT2D eigenvalue weighted by Crippen LogP contribution is -2.25. The maximum absolute atomic E-state index is 11.6. The van der Waals surface area contributed by atoms with Gasteiger partial charge in [-0.25, -0.2) is 0 Å². The highest BCUT2D eigenvalue weighted by atomic mass is 35.5. The van der Waals surface area contributed by atoms with Gasteiger partial charge in [0.2, 0.25) is 0 Å². The molecule has 1 amide bonds. The second-order valence-electron chi connectivity index (χ2n) is 3.07. The van der Waals surface area contributed by atoms with Crippen LogP contribution in [-0.4, -0.2) is 24.2 Å². The Morgan fingerprint density at radius 1 is 1.53 bits per heavy atom. The molecule has 0 atom stereocenters. The van der Waals surface area contributed by atoms with Crippen LogP contribution in [0.4, 0.5) is 5.69 Å². The molecule has 4 nitrogen and oxygen atoms in total. The maximum Gasteiger partial charge on any atom is 0.252 e. The van der Waals surface area contributed by atoms with Crippen LogP contribution in [0.1, 0.15) is 16.8 Å². The molecule has 5 heteroatoms. The summed E-state index contributed by atoms with van der Waals surface area (Å²) in [4.78, 5) is 11.6. The first-order valence-corrected chi connectivity index (χ1v) is 4.97. The molecule has 0 fully saturated rings. The lowest BCUT2D eigenvalue weighted by molar-refractivity contribution is 0.0951. The fraction of sp³-hybridized carbons (Fsp3) is 0.300. The number of amides is 1. The number of halogens is 1. The van der Waals surface area contributed by atoms with E-state index >= 15 is 0 Å². The standard InChI is InChI=1S/C10H13ClN2O2/c11-9-3-2-7(12)6-8(9)10(15)13-4-1-5-14/h2-3,6,14H,1,4-5,12H2,(H,13,15). The molecule has 0 radical (unpaired) electrons. The zero-order valence-electron chi connectivity index (χ0n) is 8.16. The van der Waals surface area contributed by atoms with E-state index in [1.807, 2.05) is 0 Å². The highest BCUT2D eigenvalue weighted by Gasteiger charge is 2.09. The van der Waals surface area contributed by atoms with E-state index in [2.05, 4.69) is 5.32 Å². The van der Waals surface area contributed by atoms with Crippen LogP contribution in [0.15, 0.2) is 18.2 Å². The van der Waals surface area contributed by atoms with Gasteiger partial charge < -0.3 is 16.2 Å². The van der Waals surface area contributed by atoms with Gasteiger partial charge in [-0.05, 0) is 24.6 Å². The van der Waals surface area contributed by atoms with E-state index in [1.54, 1.807) is 12.1 Å². The number of aliphatic hydroxyl groups is 1. The lowest BCUT2D eigenvalue weighted by Gasteiger charge is -2.06. The highest BCUT2D eigenvalue weighted by molar-refractivity contribution is 6.34. The molecular weight excluding hydrogens is 216 g/mol. The largest absolute Gasteiger partial charge is 0.399 e. The van der Waals surface area contributed by atoms with Crippen molar-refractivity contribution >= 4 is 23.2 Å². The van der Waals surface area contributed by atoms with Crippen molar-refractivity contribution in [2.75, 3.05) is 18.9 Å². The second-order valence-corrected chi connectivity index (χ2v) is 3.48. The Hall–Kier alpha value is -1.26. The van der Waals surface area contributed by atoms with Gasteiger partial charge in [0.05, 0.1) is 10.6 Å². The maximum atomic E-state index is 11.6. The van der Waals surface area contributed by atoms with Crippen molar-refractivity contribution in [3.63, 3.8) is 0 Å². The first kappa shape index (κ1) is 11.8. The number of nitrogens with one attached hydrogen (secondary N) is 1. The van der Waals surface area contributed by atoms with Crippen molar-refractivity contribution < 1.29 is 9.90 Å². The first-order chi connectivity index (χ1) is 7.15. The molecule has 0 unspecified atom stereocenters. The molecule has 0 aliphatic rings. The van der Waals surface area contributed by atoms with Gasteiger partial charge in [0, 0.05) is 18.8 Å². The van der Waals surface area contributed by atoms with Crippen LogP contribution < -0.4 is 11.1 Å². The van der Waals surface area contributed by atoms with Gasteiger partial charge in [0.1, 0.15) is 0 Å². The van der Waals surface area contributed by atoms with Crippen molar-refractivity contribution in [2.45, 2.75) is 6.42 Å². The zero-order valence-corrected chi connectivity index (χ0v) is 8.92. The van der Waals surface area contributed by atoms with Gasteiger partial charge in [-0.2, -0.15) is 0 Å². The minimum atomic E-state index is -0.277. The molecule has 0 spiro atoms. The Labute approximate surface area is 93.0 Å². The number of carbonyl (C=O) groups is 1. The molecule has 0 heterocycles. The molecule has 0 aliphatic carbocycles. The topological polar surface area (TPSA) is 75.4 Å². The Morgan fingerprint density at radius 3 is 2.93 bits per heavy atom. The number of aliphatic hydroxyl groups excluding tert-OH is 1. The molecule has 0 aromatic heterocycles. The van der Waals surface area contributed by atoms with Gasteiger partial charge in [0.25, 0.3) is 5.91 Å². The molecule has 0 aliphatic heterocycles. The van der Waals surface area contributed by atoms with Crippen LogP contribution >= 0.6 is 11.6 Å². The van der Waals surface area contributed by atoms with Gasteiger partial charge in [0.15, 0.2) is 0 Å². The molecule has 0 saturated heterocycles. The molecule has 1 aromatic carbocycles. The SMILES string of the molecule is Nc1ccc(Cl)c(C(=O)NCCCO)c1. The Bertz CT molecular complexity index is 355. The molecule has 0 saturated carbocycles. The quantitative estimate of drug-likeness (QED) is 0.532. The van der Waals surface area contributed by atoms with Crippen molar-refractivity contribution in [1.29, 1.82) is 0 Å². The number of carbonyl (C=O) groups excluding carboxylic acids is 1. The third-order valence-electron chi connectivity index (χ3n) is 1.86. The van der Waals surface area contributed by atoms with Gasteiger partial charge in [-0.1, -0.05) is 11.6 Å². The number of nitrogens with two attached hydrogens (primary N) is 1. The summed E-state index contributed by atoms with van der Waals surface area (Å²) in [5, 5.41) is 11.5. The minimum absolute atomic E-state index is 0.0466. The average Bonchev–Trinajstić information content (AvgIpc) is 2.22. The summed E-state index contributed by atoms with van der Waals surface area (Å²) < 4.78 is 0. The van der Waals surface area contributed by atoms with E-state index in [9.17, 15) is 4.79 Å². The van der Waals surface area contributed by atoms with Crippen molar-refractivity contribution in [2.24, 2.45) is 0 Å². The summed E-state index contributed by atoms with van der Waals surface area (Å²) in [7, 11) is 0. The summed E-state index contributed by atoms with van der Waals surface area (Å²) >= 11 is 5.84. The van der Waals surface area contributed by atoms with Crippen LogP contribution in [-0.2, 0) is 0 Å². The molecule has 4 N–H and O–H groups in total. The third-order valence-corrected chi connectivity index (χ3v) is 2.19. The highest BCUT2D eigenvalue weighted by Crippen LogP contribution is 2.18. The van der Waals surface area contributed by atoms with E-state index in [4.69, 9.17) is 22.4 Å². The molecule has 0 bridgehead atoms. The number of anilines is 1. The minimum Gasteiger partial charge on any atom is -0.399 e. The van der Waals surface area contributed by atoms with E-state index in [0.29, 0.717) is 29.2 Å². The van der Waals surface area contributed by atoms with E-state index in [-0.39, 0.29) is 12.5 Å². The fourth-order valence-electron chi connectivity index (χ4n) is 1.09. The summed E-state index contributed by atoms with van der Waals surface area (Å²) in [5.41, 5.74) is 6.39. The van der Waals surface area contributed by atoms with Crippen LogP contribution in [0.5, 0.6) is 0 Å². The van der Waals surface area contributed by atoms with Crippen molar-refractivity contribution in [3.05, 3.63) is 28.8 Å². The lowest BCUT2D eigenvalue weighted by atomic mass is 10.2.